The van der Waals surface area contributed by atoms with Crippen molar-refractivity contribution in [2.45, 2.75) is 93.8 Å². The maximum absolute atomic E-state index is 13.5. The van der Waals surface area contributed by atoms with Crippen LogP contribution in [0.5, 0.6) is 0 Å². The molecule has 0 radical (unpaired) electrons. The van der Waals surface area contributed by atoms with E-state index >= 15 is 0 Å². The SMILES string of the molecule is NC1CN(C2CCCCC2)CC(Cl)C1N1CCC(C(=O)N2CCN3CCCC2CC3)CC1. The quantitative estimate of drug-likeness (QED) is 0.648. The molecule has 182 valence electrons. The molecule has 2 N–H and O–H groups in total. The molecule has 32 heavy (non-hydrogen) atoms. The summed E-state index contributed by atoms with van der Waals surface area (Å²) < 4.78 is 0. The van der Waals surface area contributed by atoms with Gasteiger partial charge in [-0.25, -0.2) is 0 Å². The van der Waals surface area contributed by atoms with Crippen molar-refractivity contribution in [3.63, 3.8) is 0 Å². The summed E-state index contributed by atoms with van der Waals surface area (Å²) >= 11 is 6.98. The van der Waals surface area contributed by atoms with Crippen molar-refractivity contribution in [1.82, 2.24) is 19.6 Å². The Kier molecular flexibility index (Phi) is 7.64. The number of piperidine rings is 2. The van der Waals surface area contributed by atoms with Gasteiger partial charge in [0.05, 0.1) is 5.38 Å². The number of carbonyl (C=O) groups is 1. The van der Waals surface area contributed by atoms with E-state index in [4.69, 9.17) is 17.3 Å². The molecule has 1 aliphatic carbocycles. The molecule has 5 fully saturated rings. The molecule has 1 amide bonds. The van der Waals surface area contributed by atoms with Gasteiger partial charge in [-0.1, -0.05) is 19.3 Å². The fourth-order valence-electron chi connectivity index (χ4n) is 7.37. The highest BCUT2D eigenvalue weighted by molar-refractivity contribution is 6.21. The predicted molar refractivity (Wildman–Crippen MR) is 130 cm³/mol. The van der Waals surface area contributed by atoms with Crippen LogP contribution >= 0.6 is 11.6 Å². The van der Waals surface area contributed by atoms with Crippen LogP contribution in [0.3, 0.4) is 0 Å². The Balaban J connectivity index is 1.14. The van der Waals surface area contributed by atoms with Crippen molar-refractivity contribution < 1.29 is 4.79 Å². The minimum absolute atomic E-state index is 0.0896. The molecule has 5 atom stereocenters. The van der Waals surface area contributed by atoms with Gasteiger partial charge in [0.15, 0.2) is 0 Å². The number of alkyl halides is 1. The van der Waals surface area contributed by atoms with Gasteiger partial charge >= 0.3 is 0 Å². The third kappa shape index (κ3) is 5.00. The van der Waals surface area contributed by atoms with E-state index in [2.05, 4.69) is 19.6 Å². The Hall–Kier alpha value is -0.400. The molecule has 5 aliphatic rings. The maximum Gasteiger partial charge on any atom is 0.226 e. The smallest absolute Gasteiger partial charge is 0.226 e. The third-order valence-corrected chi connectivity index (χ3v) is 9.62. The molecule has 5 rings (SSSR count). The summed E-state index contributed by atoms with van der Waals surface area (Å²) in [4.78, 5) is 23.4. The van der Waals surface area contributed by atoms with Crippen molar-refractivity contribution in [2.75, 3.05) is 52.4 Å². The van der Waals surface area contributed by atoms with Gasteiger partial charge in [-0.2, -0.15) is 0 Å². The van der Waals surface area contributed by atoms with Gasteiger partial charge in [-0.3, -0.25) is 14.6 Å². The molecule has 1 saturated carbocycles. The lowest BCUT2D eigenvalue weighted by Gasteiger charge is -2.49. The van der Waals surface area contributed by atoms with Crippen LogP contribution in [0, 0.1) is 5.92 Å². The fraction of sp³-hybridized carbons (Fsp3) is 0.960. The topological polar surface area (TPSA) is 56.1 Å². The Morgan fingerprint density at radius 3 is 2.22 bits per heavy atom. The first kappa shape index (κ1) is 23.3. The number of hydrogen-bond acceptors (Lipinski definition) is 5. The highest BCUT2D eigenvalue weighted by Gasteiger charge is 2.42. The van der Waals surface area contributed by atoms with Crippen LogP contribution in [0.2, 0.25) is 0 Å². The van der Waals surface area contributed by atoms with Crippen LogP contribution in [0.4, 0.5) is 0 Å². The van der Waals surface area contributed by atoms with Crippen molar-refractivity contribution in [3.8, 4) is 0 Å². The lowest BCUT2D eigenvalue weighted by Crippen LogP contribution is -2.65. The molecule has 0 aromatic carbocycles. The van der Waals surface area contributed by atoms with Crippen molar-refractivity contribution in [2.24, 2.45) is 11.7 Å². The first-order chi connectivity index (χ1) is 15.6. The minimum atomic E-state index is 0.0896. The average molecular weight is 466 g/mol. The van der Waals surface area contributed by atoms with Crippen molar-refractivity contribution in [1.29, 1.82) is 0 Å². The third-order valence-electron chi connectivity index (χ3n) is 9.23. The number of hydrogen-bond donors (Lipinski definition) is 1. The Morgan fingerprint density at radius 1 is 0.719 bits per heavy atom. The number of likely N-dealkylation sites (tertiary alicyclic amines) is 2. The van der Waals surface area contributed by atoms with E-state index in [9.17, 15) is 4.79 Å². The van der Waals surface area contributed by atoms with Gasteiger partial charge in [0.25, 0.3) is 0 Å². The second-order valence-electron chi connectivity index (χ2n) is 11.2. The van der Waals surface area contributed by atoms with Gasteiger partial charge in [0.2, 0.25) is 5.91 Å². The van der Waals surface area contributed by atoms with E-state index in [-0.39, 0.29) is 23.4 Å². The second kappa shape index (κ2) is 10.5. The van der Waals surface area contributed by atoms with Gasteiger partial charge in [0.1, 0.15) is 0 Å². The first-order valence-electron chi connectivity index (χ1n) is 13.5. The van der Waals surface area contributed by atoms with Crippen LogP contribution in [-0.4, -0.2) is 107 Å². The largest absolute Gasteiger partial charge is 0.338 e. The zero-order chi connectivity index (χ0) is 22.1. The van der Waals surface area contributed by atoms with E-state index in [1.807, 2.05) is 0 Å². The van der Waals surface area contributed by atoms with Crippen LogP contribution in [-0.2, 0) is 4.79 Å². The van der Waals surface area contributed by atoms with Crippen molar-refractivity contribution >= 4 is 17.5 Å². The Bertz CT molecular complexity index is 624. The van der Waals surface area contributed by atoms with E-state index < -0.39 is 0 Å². The Labute approximate surface area is 199 Å². The fourth-order valence-corrected chi connectivity index (χ4v) is 7.90. The zero-order valence-corrected chi connectivity index (χ0v) is 20.6. The summed E-state index contributed by atoms with van der Waals surface area (Å²) in [5.74, 6) is 0.615. The lowest BCUT2D eigenvalue weighted by molar-refractivity contribution is -0.140. The summed E-state index contributed by atoms with van der Waals surface area (Å²) in [6.07, 6.45) is 12.2. The van der Waals surface area contributed by atoms with Gasteiger partial charge in [-0.15, -0.1) is 11.6 Å². The van der Waals surface area contributed by atoms with Crippen LogP contribution < -0.4 is 5.73 Å². The molecule has 0 aromatic rings. The highest BCUT2D eigenvalue weighted by Crippen LogP contribution is 2.32. The van der Waals surface area contributed by atoms with E-state index in [0.29, 0.717) is 18.0 Å². The van der Waals surface area contributed by atoms with E-state index in [1.54, 1.807) is 0 Å². The number of amides is 1. The van der Waals surface area contributed by atoms with E-state index in [1.165, 1.54) is 58.0 Å². The summed E-state index contributed by atoms with van der Waals surface area (Å²) in [6.45, 7) is 8.25. The predicted octanol–water partition coefficient (Wildman–Crippen LogP) is 2.35. The first-order valence-corrected chi connectivity index (χ1v) is 13.9. The number of nitrogens with zero attached hydrogens (tertiary/aromatic N) is 4. The van der Waals surface area contributed by atoms with Crippen LogP contribution in [0.1, 0.15) is 64.2 Å². The maximum atomic E-state index is 13.5. The zero-order valence-electron chi connectivity index (χ0n) is 19.8. The van der Waals surface area contributed by atoms with Crippen LogP contribution in [0.15, 0.2) is 0 Å². The van der Waals surface area contributed by atoms with E-state index in [0.717, 1.165) is 58.5 Å². The van der Waals surface area contributed by atoms with Gasteiger partial charge < -0.3 is 15.5 Å². The molecular formula is C25H44ClN5O. The summed E-state index contributed by atoms with van der Waals surface area (Å²) in [5, 5.41) is 0.0896. The molecule has 6 nitrogen and oxygen atoms in total. The molecule has 2 bridgehead atoms. The number of halogens is 1. The number of carbonyl (C=O) groups excluding carboxylic acids is 1. The number of fused-ring (bicyclic) bond motifs is 3. The normalized spacial score (nSPS) is 39.1. The Morgan fingerprint density at radius 2 is 1.47 bits per heavy atom. The summed E-state index contributed by atoms with van der Waals surface area (Å²) in [5.41, 5.74) is 6.73. The molecule has 5 unspecified atom stereocenters. The summed E-state index contributed by atoms with van der Waals surface area (Å²) in [6, 6.07) is 1.51. The molecule has 7 heteroatoms. The summed E-state index contributed by atoms with van der Waals surface area (Å²) in [7, 11) is 0. The molecule has 4 heterocycles. The average Bonchev–Trinajstić information content (AvgIpc) is 3.16. The molecule has 4 saturated heterocycles. The van der Waals surface area contributed by atoms with Gasteiger partial charge in [-0.05, 0) is 64.6 Å². The highest BCUT2D eigenvalue weighted by atomic mass is 35.5. The lowest BCUT2D eigenvalue weighted by atomic mass is 9.88. The van der Waals surface area contributed by atoms with Gasteiger partial charge in [0, 0.05) is 62.8 Å². The molecule has 0 aromatic heterocycles. The molecular weight excluding hydrogens is 422 g/mol. The molecule has 4 aliphatic heterocycles. The minimum Gasteiger partial charge on any atom is -0.338 e. The second-order valence-corrected chi connectivity index (χ2v) is 11.7. The van der Waals surface area contributed by atoms with Crippen LogP contribution in [0.25, 0.3) is 0 Å². The number of rotatable bonds is 3. The molecule has 0 spiro atoms. The van der Waals surface area contributed by atoms with Crippen molar-refractivity contribution in [3.05, 3.63) is 0 Å². The standard InChI is InChI=1S/C25H44ClN5O/c26-22-17-30(20-5-2-1-3-6-20)18-23(27)24(22)29-13-8-19(9-14-29)25(32)31-16-15-28-11-4-7-21(31)10-12-28/h19-24H,1-18,27H2. The monoisotopic (exact) mass is 465 g/mol. The number of nitrogens with two attached hydrogens (primary N) is 1.